The van der Waals surface area contributed by atoms with E-state index in [0.29, 0.717) is 29.8 Å². The van der Waals surface area contributed by atoms with Gasteiger partial charge in [0.05, 0.1) is 4.90 Å². The number of rotatable bonds is 3. The number of hydrogen-bond acceptors (Lipinski definition) is 2. The maximum Gasteiger partial charge on any atom is 0.243 e. The molecule has 1 aromatic carbocycles. The first kappa shape index (κ1) is 15.8. The van der Waals surface area contributed by atoms with Gasteiger partial charge >= 0.3 is 0 Å². The third-order valence-electron chi connectivity index (χ3n) is 4.07. The second-order valence-electron chi connectivity index (χ2n) is 5.78. The van der Waals surface area contributed by atoms with Crippen LogP contribution in [0, 0.1) is 19.8 Å². The minimum atomic E-state index is -3.41. The van der Waals surface area contributed by atoms with Crippen molar-refractivity contribution >= 4 is 21.6 Å². The van der Waals surface area contributed by atoms with Crippen molar-refractivity contribution in [3.05, 3.63) is 28.8 Å². The summed E-state index contributed by atoms with van der Waals surface area (Å²) in [6.45, 7) is 7.15. The predicted molar refractivity (Wildman–Crippen MR) is 82.6 cm³/mol. The molecule has 1 atom stereocenters. The van der Waals surface area contributed by atoms with Gasteiger partial charge in [-0.15, -0.1) is 11.6 Å². The molecule has 1 fully saturated rings. The average Bonchev–Trinajstić information content (AvgIpc) is 2.41. The molecule has 0 N–H and O–H groups in total. The molecule has 1 saturated heterocycles. The lowest BCUT2D eigenvalue weighted by molar-refractivity contribution is 0.281. The fraction of sp³-hybridized carbons (Fsp3) is 0.600. The Morgan fingerprint density at radius 1 is 1.35 bits per heavy atom. The quantitative estimate of drug-likeness (QED) is 0.801. The molecule has 0 saturated carbocycles. The van der Waals surface area contributed by atoms with E-state index in [1.54, 1.807) is 10.4 Å². The van der Waals surface area contributed by atoms with Gasteiger partial charge in [-0.25, -0.2) is 8.42 Å². The van der Waals surface area contributed by atoms with Crippen LogP contribution in [0.5, 0.6) is 0 Å². The maximum absolute atomic E-state index is 12.9. The van der Waals surface area contributed by atoms with Crippen LogP contribution < -0.4 is 0 Å². The van der Waals surface area contributed by atoms with Crippen LogP contribution in [0.4, 0.5) is 0 Å². The maximum atomic E-state index is 12.9. The standard InChI is InChI=1S/C15H22ClNO2S/c1-11-5-4-6-17(10-11)20(18,19)15-8-14(9-16)7-12(2)13(15)3/h7-8,11H,4-6,9-10H2,1-3H3. The minimum Gasteiger partial charge on any atom is -0.207 e. The lowest BCUT2D eigenvalue weighted by Crippen LogP contribution is -2.39. The van der Waals surface area contributed by atoms with E-state index in [1.165, 1.54) is 0 Å². The van der Waals surface area contributed by atoms with Crippen LogP contribution in [0.15, 0.2) is 17.0 Å². The molecule has 0 bridgehead atoms. The van der Waals surface area contributed by atoms with Crippen molar-refractivity contribution in [2.45, 2.75) is 44.4 Å². The summed E-state index contributed by atoms with van der Waals surface area (Å²) in [5, 5.41) is 0. The lowest BCUT2D eigenvalue weighted by Gasteiger charge is -2.30. The number of halogens is 1. The summed E-state index contributed by atoms with van der Waals surface area (Å²) in [5.74, 6) is 0.760. The van der Waals surface area contributed by atoms with Gasteiger partial charge in [-0.05, 0) is 55.4 Å². The number of aryl methyl sites for hydroxylation is 1. The van der Waals surface area contributed by atoms with Gasteiger partial charge in [0.1, 0.15) is 0 Å². The van der Waals surface area contributed by atoms with E-state index in [-0.39, 0.29) is 0 Å². The van der Waals surface area contributed by atoms with Gasteiger partial charge in [0, 0.05) is 19.0 Å². The summed E-state index contributed by atoms with van der Waals surface area (Å²) >= 11 is 5.87. The van der Waals surface area contributed by atoms with Gasteiger partial charge in [-0.3, -0.25) is 0 Å². The average molecular weight is 316 g/mol. The van der Waals surface area contributed by atoms with Crippen molar-refractivity contribution in [1.82, 2.24) is 4.31 Å². The Labute approximate surface area is 127 Å². The highest BCUT2D eigenvalue weighted by molar-refractivity contribution is 7.89. The summed E-state index contributed by atoms with van der Waals surface area (Å²) in [6, 6.07) is 3.68. The molecule has 2 rings (SSSR count). The van der Waals surface area contributed by atoms with Crippen LogP contribution in [0.3, 0.4) is 0 Å². The van der Waals surface area contributed by atoms with Crippen molar-refractivity contribution in [1.29, 1.82) is 0 Å². The van der Waals surface area contributed by atoms with E-state index < -0.39 is 10.0 Å². The summed E-state index contributed by atoms with van der Waals surface area (Å²) in [4.78, 5) is 0.419. The Bertz CT molecular complexity index is 598. The van der Waals surface area contributed by atoms with Crippen molar-refractivity contribution < 1.29 is 8.42 Å². The molecule has 5 heteroatoms. The topological polar surface area (TPSA) is 37.4 Å². The zero-order chi connectivity index (χ0) is 14.9. The van der Waals surface area contributed by atoms with Crippen LogP contribution in [0.25, 0.3) is 0 Å². The highest BCUT2D eigenvalue weighted by atomic mass is 35.5. The number of piperidine rings is 1. The van der Waals surface area contributed by atoms with E-state index in [1.807, 2.05) is 19.9 Å². The SMILES string of the molecule is Cc1cc(CCl)cc(S(=O)(=O)N2CCCC(C)C2)c1C. The molecule has 0 radical (unpaired) electrons. The number of nitrogens with zero attached hydrogens (tertiary/aromatic N) is 1. The molecule has 0 spiro atoms. The predicted octanol–water partition coefficient (Wildman–Crippen LogP) is 3.46. The van der Waals surface area contributed by atoms with Crippen LogP contribution in [0.2, 0.25) is 0 Å². The van der Waals surface area contributed by atoms with Crippen molar-refractivity contribution in [3.63, 3.8) is 0 Å². The number of benzene rings is 1. The van der Waals surface area contributed by atoms with Gasteiger partial charge in [0.2, 0.25) is 10.0 Å². The van der Waals surface area contributed by atoms with Crippen molar-refractivity contribution in [2.75, 3.05) is 13.1 Å². The van der Waals surface area contributed by atoms with Gasteiger partial charge in [0.15, 0.2) is 0 Å². The van der Waals surface area contributed by atoms with Crippen LogP contribution in [-0.4, -0.2) is 25.8 Å². The summed E-state index contributed by atoms with van der Waals surface area (Å²) in [6.07, 6.45) is 2.04. The molecule has 1 aliphatic rings. The molecule has 0 aromatic heterocycles. The Kier molecular flexibility index (Phi) is 4.77. The number of hydrogen-bond donors (Lipinski definition) is 0. The third kappa shape index (κ3) is 3.02. The first-order chi connectivity index (χ1) is 9.36. The molecule has 112 valence electrons. The van der Waals surface area contributed by atoms with Gasteiger partial charge in [-0.2, -0.15) is 4.31 Å². The Morgan fingerprint density at radius 3 is 2.65 bits per heavy atom. The second-order valence-corrected chi connectivity index (χ2v) is 7.95. The normalized spacial score (nSPS) is 21.1. The molecule has 1 aromatic rings. The van der Waals surface area contributed by atoms with E-state index in [9.17, 15) is 8.42 Å². The van der Waals surface area contributed by atoms with Crippen molar-refractivity contribution in [2.24, 2.45) is 5.92 Å². The first-order valence-corrected chi connectivity index (χ1v) is 9.00. The second kappa shape index (κ2) is 6.04. The Balaban J connectivity index is 2.46. The molecule has 3 nitrogen and oxygen atoms in total. The summed E-state index contributed by atoms with van der Waals surface area (Å²) < 4.78 is 27.3. The highest BCUT2D eigenvalue weighted by Crippen LogP contribution is 2.28. The molecular weight excluding hydrogens is 294 g/mol. The zero-order valence-electron chi connectivity index (χ0n) is 12.3. The lowest BCUT2D eigenvalue weighted by atomic mass is 10.0. The molecule has 20 heavy (non-hydrogen) atoms. The molecular formula is C15H22ClNO2S. The summed E-state index contributed by atoms with van der Waals surface area (Å²) in [5.41, 5.74) is 2.67. The molecule has 0 aliphatic carbocycles. The number of sulfonamides is 1. The Hall–Kier alpha value is -0.580. The van der Waals surface area contributed by atoms with E-state index in [4.69, 9.17) is 11.6 Å². The molecule has 0 amide bonds. The summed E-state index contributed by atoms with van der Waals surface area (Å²) in [7, 11) is -3.41. The fourth-order valence-electron chi connectivity index (χ4n) is 2.75. The molecule has 1 aliphatic heterocycles. The van der Waals surface area contributed by atoms with Gasteiger partial charge in [0.25, 0.3) is 0 Å². The van der Waals surface area contributed by atoms with Crippen molar-refractivity contribution in [3.8, 4) is 0 Å². The highest BCUT2D eigenvalue weighted by Gasteiger charge is 2.30. The van der Waals surface area contributed by atoms with Crippen LogP contribution >= 0.6 is 11.6 Å². The molecule has 1 heterocycles. The fourth-order valence-corrected chi connectivity index (χ4v) is 4.85. The van der Waals surface area contributed by atoms with E-state index in [2.05, 4.69) is 6.92 Å². The number of alkyl halides is 1. The van der Waals surface area contributed by atoms with E-state index in [0.717, 1.165) is 29.5 Å². The smallest absolute Gasteiger partial charge is 0.207 e. The van der Waals surface area contributed by atoms with E-state index >= 15 is 0 Å². The minimum absolute atomic E-state index is 0.333. The van der Waals surface area contributed by atoms with Gasteiger partial charge < -0.3 is 0 Å². The molecule has 1 unspecified atom stereocenters. The zero-order valence-corrected chi connectivity index (χ0v) is 13.9. The monoisotopic (exact) mass is 315 g/mol. The largest absolute Gasteiger partial charge is 0.243 e. The van der Waals surface area contributed by atoms with Crippen LogP contribution in [-0.2, 0) is 15.9 Å². The third-order valence-corrected chi connectivity index (χ3v) is 6.37. The van der Waals surface area contributed by atoms with Crippen LogP contribution in [0.1, 0.15) is 36.5 Å². The Morgan fingerprint density at radius 2 is 2.05 bits per heavy atom. The first-order valence-electron chi connectivity index (χ1n) is 7.02. The van der Waals surface area contributed by atoms with Gasteiger partial charge in [-0.1, -0.05) is 13.0 Å².